The molecule has 23 nitrogen and oxygen atoms in total. The van der Waals surface area contributed by atoms with E-state index in [4.69, 9.17) is 0 Å². The molecule has 4 aromatic carbocycles. The topological polar surface area (TPSA) is 305 Å². The molecule has 0 spiro atoms. The van der Waals surface area contributed by atoms with Crippen molar-refractivity contribution in [2.75, 3.05) is 126 Å². The zero-order valence-corrected chi connectivity index (χ0v) is 58.7. The molecule has 1 unspecified atom stereocenters. The number of allylic oxidation sites excluding steroid dienone is 8. The van der Waals surface area contributed by atoms with E-state index in [0.29, 0.717) is 51.9 Å². The minimum Gasteiger partial charge on any atom is -0.748 e. The molecule has 25 heteroatoms. The first-order valence-corrected chi connectivity index (χ1v) is 36.3. The van der Waals surface area contributed by atoms with E-state index < -0.39 is 39.8 Å². The number of nitrogens with one attached hydrogen (secondary N) is 4. The molecule has 0 saturated carbocycles. The lowest BCUT2D eigenvalue weighted by atomic mass is 9.79. The van der Waals surface area contributed by atoms with Gasteiger partial charge in [0.15, 0.2) is 5.71 Å². The van der Waals surface area contributed by atoms with Crippen molar-refractivity contribution in [2.45, 2.75) is 102 Å². The maximum Gasteiger partial charge on any atom is 0.317 e. The lowest BCUT2D eigenvalue weighted by Gasteiger charge is -2.32. The van der Waals surface area contributed by atoms with Gasteiger partial charge in [0.2, 0.25) is 29.3 Å². The second-order valence-corrected chi connectivity index (χ2v) is 28.1. The summed E-state index contributed by atoms with van der Waals surface area (Å²) in [7, 11) is -4.31. The number of alkyl halides is 1. The number of anilines is 1. The van der Waals surface area contributed by atoms with E-state index in [1.165, 1.54) is 21.9 Å². The number of amides is 4. The number of fused-ring (bicyclic) bond motifs is 6. The number of hydrogen-bond donors (Lipinski definition) is 7. The van der Waals surface area contributed by atoms with Crippen LogP contribution in [0.2, 0.25) is 0 Å². The first-order valence-electron chi connectivity index (χ1n) is 33.2. The lowest BCUT2D eigenvalue weighted by Crippen LogP contribution is -2.49. The molecule has 7 rings (SSSR count). The van der Waals surface area contributed by atoms with Crippen molar-refractivity contribution in [3.63, 3.8) is 0 Å². The summed E-state index contributed by atoms with van der Waals surface area (Å²) in [6, 6.07) is 24.5. The van der Waals surface area contributed by atoms with E-state index in [1.54, 1.807) is 14.7 Å². The molecule has 0 radical (unpaired) electrons. The second kappa shape index (κ2) is 36.8. The molecule has 7 N–H and O–H groups in total. The highest BCUT2D eigenvalue weighted by molar-refractivity contribution is 14.1. The number of benzene rings is 4. The summed E-state index contributed by atoms with van der Waals surface area (Å²) in [6.07, 6.45) is 18.8. The quantitative estimate of drug-likeness (QED) is 0.00654. The van der Waals surface area contributed by atoms with Gasteiger partial charge in [0.1, 0.15) is 12.6 Å². The van der Waals surface area contributed by atoms with Crippen LogP contribution >= 0.6 is 22.6 Å². The number of aliphatic carboxylic acids is 3. The standard InChI is InChI=1S/C71H95IN10O13S/c1-70(2)59(26-9-6-5-7-10-27-60-71(3,4)68-55-24-15-13-22-53(55)30-32-58(68)82(60)37-19-20-46-96(93,94)95)81(57-31-29-52-21-12-14-23-54(52)67(57)70)36-18-8-11-28-61(83)76-56(69(92)75-35-34-74-62(84)47-72)25-16-17-33-73-63(85)48-77-38-40-78(49-64(86)87)42-44-80(51-66(90)91)45-43-79(41-39-77)50-65(88)89/h5-7,9-10,12-15,21-24,26-27,29-32,56H,8,11,16-20,25,28,33-51H2,1-4H3,(H7-,73,74,75,76,83,84,85,86,87,88,89,90,91,92,93,94,95). The molecule has 3 aliphatic rings. The number of halogens is 1. The molecule has 0 aliphatic carbocycles. The second-order valence-electron chi connectivity index (χ2n) is 25.8. The van der Waals surface area contributed by atoms with E-state index in [-0.39, 0.29) is 143 Å². The molecule has 4 aromatic rings. The Bertz CT molecular complexity index is 3650. The van der Waals surface area contributed by atoms with Crippen molar-refractivity contribution in [1.29, 1.82) is 0 Å². The van der Waals surface area contributed by atoms with Crippen LogP contribution in [0.5, 0.6) is 0 Å². The number of carboxylic acids is 3. The molecule has 1 fully saturated rings. The van der Waals surface area contributed by atoms with Crippen molar-refractivity contribution < 1.29 is 66.4 Å². The van der Waals surface area contributed by atoms with Gasteiger partial charge in [-0.05, 0) is 104 Å². The Balaban J connectivity index is 0.957. The number of nitrogens with zero attached hydrogens (tertiary/aromatic N) is 6. The van der Waals surface area contributed by atoms with Crippen LogP contribution in [0.25, 0.3) is 21.5 Å². The molecule has 1 atom stereocenters. The summed E-state index contributed by atoms with van der Waals surface area (Å²) in [5.41, 5.74) is 6.17. The first kappa shape index (κ1) is 76.0. The molecule has 96 heavy (non-hydrogen) atoms. The van der Waals surface area contributed by atoms with E-state index in [0.717, 1.165) is 46.4 Å². The van der Waals surface area contributed by atoms with Crippen molar-refractivity contribution in [3.05, 3.63) is 132 Å². The van der Waals surface area contributed by atoms with Gasteiger partial charge in [0.25, 0.3) is 0 Å². The predicted molar refractivity (Wildman–Crippen MR) is 381 cm³/mol. The number of hydrogen-bond acceptors (Lipinski definition) is 15. The van der Waals surface area contributed by atoms with E-state index >= 15 is 0 Å². The van der Waals surface area contributed by atoms with Gasteiger partial charge in [0.05, 0.1) is 46.1 Å². The lowest BCUT2D eigenvalue weighted by molar-refractivity contribution is -0.438. The van der Waals surface area contributed by atoms with E-state index in [1.807, 2.05) is 70.0 Å². The number of rotatable bonds is 34. The number of unbranched alkanes of at least 4 members (excludes halogenated alkanes) is 4. The van der Waals surface area contributed by atoms with Crippen LogP contribution < -0.4 is 26.2 Å². The van der Waals surface area contributed by atoms with Gasteiger partial charge in [-0.2, -0.15) is 4.58 Å². The SMILES string of the molecule is CC1(C)C(/C=C/C=C/C=C/C=C2\N(CCCCS(=O)(=O)[O-])c3ccc4ccccc4c3C2(C)C)=[N+](CCCCCC(=O)NC(CCCCNC(=O)CN2CCN(CC(=O)O)CCN(CC(=O)O)CCN(CC(=O)O)CC2)C(=O)NCCNC(=O)CI)c2ccc3ccccc3c21. The van der Waals surface area contributed by atoms with Crippen LogP contribution in [0.15, 0.2) is 121 Å². The zero-order chi connectivity index (χ0) is 69.4. The largest absolute Gasteiger partial charge is 0.748 e. The molecular formula is C71H95IN10O13S. The fourth-order valence-corrected chi connectivity index (χ4v) is 14.0. The molecule has 3 heterocycles. The summed E-state index contributed by atoms with van der Waals surface area (Å²) >= 11 is 1.96. The van der Waals surface area contributed by atoms with Crippen molar-refractivity contribution in [1.82, 2.24) is 40.9 Å². The minimum atomic E-state index is -4.31. The molecule has 0 aromatic heterocycles. The Morgan fingerprint density at radius 1 is 0.583 bits per heavy atom. The normalized spacial score (nSPS) is 17.4. The summed E-state index contributed by atoms with van der Waals surface area (Å²) in [6.45, 7) is 12.1. The fourth-order valence-electron chi connectivity index (χ4n) is 13.2. The molecule has 3 aliphatic heterocycles. The van der Waals surface area contributed by atoms with Gasteiger partial charge in [-0.3, -0.25) is 53.2 Å². The Hall–Kier alpha value is -7.40. The third kappa shape index (κ3) is 22.6. The van der Waals surface area contributed by atoms with Gasteiger partial charge >= 0.3 is 17.9 Å². The van der Waals surface area contributed by atoms with Crippen molar-refractivity contribution in [2.24, 2.45) is 0 Å². The molecule has 4 amide bonds. The molecule has 0 bridgehead atoms. The minimum absolute atomic E-state index is 0.0418. The van der Waals surface area contributed by atoms with Crippen LogP contribution in [-0.2, 0) is 54.5 Å². The van der Waals surface area contributed by atoms with Crippen molar-refractivity contribution >= 4 is 113 Å². The van der Waals surface area contributed by atoms with Crippen LogP contribution in [-0.4, -0.2) is 227 Å². The first-order chi connectivity index (χ1) is 45.9. The van der Waals surface area contributed by atoms with Crippen LogP contribution in [0.3, 0.4) is 0 Å². The average molecular weight is 1460 g/mol. The van der Waals surface area contributed by atoms with Gasteiger partial charge in [-0.25, -0.2) is 8.42 Å². The monoisotopic (exact) mass is 1450 g/mol. The number of carboxylic acid groups (broad SMARTS) is 3. The Morgan fingerprint density at radius 2 is 1.12 bits per heavy atom. The number of carbonyl (C=O) groups excluding carboxylic acids is 4. The van der Waals surface area contributed by atoms with Crippen LogP contribution in [0, 0.1) is 0 Å². The van der Waals surface area contributed by atoms with Gasteiger partial charge in [0, 0.05) is 132 Å². The third-order valence-electron chi connectivity index (χ3n) is 17.9. The highest BCUT2D eigenvalue weighted by atomic mass is 127. The summed E-state index contributed by atoms with van der Waals surface area (Å²) in [5, 5.41) is 44.8. The maximum absolute atomic E-state index is 13.7. The van der Waals surface area contributed by atoms with E-state index in [9.17, 15) is 61.9 Å². The van der Waals surface area contributed by atoms with Gasteiger partial charge < -0.3 is 46.0 Å². The Morgan fingerprint density at radius 3 is 1.72 bits per heavy atom. The van der Waals surface area contributed by atoms with Crippen LogP contribution in [0.4, 0.5) is 11.4 Å². The highest BCUT2D eigenvalue weighted by Gasteiger charge is 2.45. The van der Waals surface area contributed by atoms with Crippen LogP contribution in [0.1, 0.15) is 96.6 Å². The fraction of sp³-hybridized carbons (Fsp3) is 0.493. The Labute approximate surface area is 577 Å². The Kier molecular flexibility index (Phi) is 29.1. The maximum atomic E-state index is 13.7. The molecule has 520 valence electrons. The summed E-state index contributed by atoms with van der Waals surface area (Å²) in [5.74, 6) is -4.65. The average Bonchev–Trinajstić information content (AvgIpc) is 1.58. The molecule has 1 saturated heterocycles. The smallest absolute Gasteiger partial charge is 0.317 e. The third-order valence-corrected chi connectivity index (χ3v) is 19.4. The van der Waals surface area contributed by atoms with E-state index in [2.05, 4.69) is 131 Å². The van der Waals surface area contributed by atoms with Crippen molar-refractivity contribution in [3.8, 4) is 0 Å². The highest BCUT2D eigenvalue weighted by Crippen LogP contribution is 2.51. The summed E-state index contributed by atoms with van der Waals surface area (Å²) in [4.78, 5) is 96.8. The summed E-state index contributed by atoms with van der Waals surface area (Å²) < 4.78 is 37.0. The number of carbonyl (C=O) groups is 7. The predicted octanol–water partition coefficient (Wildman–Crippen LogP) is 6.52. The zero-order valence-electron chi connectivity index (χ0n) is 55.7. The molecular weight excluding hydrogens is 1360 g/mol. The van der Waals surface area contributed by atoms with Gasteiger partial charge in [-0.1, -0.05) is 121 Å². The van der Waals surface area contributed by atoms with Gasteiger partial charge in [-0.15, -0.1) is 0 Å².